The zero-order chi connectivity index (χ0) is 19.6. The van der Waals surface area contributed by atoms with Gasteiger partial charge in [0.05, 0.1) is 12.1 Å². The average Bonchev–Trinajstić information content (AvgIpc) is 3.19. The lowest BCUT2D eigenvalue weighted by Crippen LogP contribution is -2.14. The van der Waals surface area contributed by atoms with Crippen LogP contribution < -0.4 is 5.32 Å². The molecule has 3 aromatic carbocycles. The van der Waals surface area contributed by atoms with Crippen molar-refractivity contribution in [2.45, 2.75) is 6.42 Å². The van der Waals surface area contributed by atoms with Gasteiger partial charge in [0.2, 0.25) is 5.91 Å². The number of imidazole rings is 1. The number of hydrogen-bond donors (Lipinski definition) is 1. The van der Waals surface area contributed by atoms with E-state index in [0.29, 0.717) is 6.42 Å². The molecule has 0 fully saturated rings. The molecule has 4 nitrogen and oxygen atoms in total. The van der Waals surface area contributed by atoms with E-state index >= 15 is 0 Å². The molecule has 1 N–H and O–H groups in total. The first-order valence-corrected chi connectivity index (χ1v) is 9.57. The van der Waals surface area contributed by atoms with E-state index < -0.39 is 0 Å². The summed E-state index contributed by atoms with van der Waals surface area (Å²) in [6.07, 6.45) is 4.33. The second-order valence-electron chi connectivity index (χ2n) is 7.03. The van der Waals surface area contributed by atoms with Crippen LogP contribution in [0, 0.1) is 0 Å². The number of carbonyl (C=O) groups excluding carboxylic acids is 1. The summed E-state index contributed by atoms with van der Waals surface area (Å²) in [5.41, 5.74) is 4.64. The van der Waals surface area contributed by atoms with Crippen molar-refractivity contribution in [3.05, 3.63) is 103 Å². The smallest absolute Gasteiger partial charge is 0.228 e. The van der Waals surface area contributed by atoms with E-state index in [1.807, 2.05) is 83.5 Å². The summed E-state index contributed by atoms with van der Waals surface area (Å²) in [6, 6.07) is 27.9. The Balaban J connectivity index is 1.32. The second-order valence-corrected chi connectivity index (χ2v) is 7.03. The Bertz CT molecular complexity index is 1280. The van der Waals surface area contributed by atoms with Crippen LogP contribution in [0.5, 0.6) is 0 Å². The molecule has 0 aliphatic heterocycles. The molecule has 0 aliphatic rings. The number of nitrogens with one attached hydrogen (secondary N) is 1. The van der Waals surface area contributed by atoms with Gasteiger partial charge in [0.1, 0.15) is 5.65 Å². The number of aromatic nitrogens is 2. The topological polar surface area (TPSA) is 46.4 Å². The lowest BCUT2D eigenvalue weighted by molar-refractivity contribution is -0.115. The van der Waals surface area contributed by atoms with E-state index in [4.69, 9.17) is 0 Å². The third-order valence-corrected chi connectivity index (χ3v) is 5.06. The minimum absolute atomic E-state index is 0.0261. The number of rotatable bonds is 4. The van der Waals surface area contributed by atoms with Gasteiger partial charge >= 0.3 is 0 Å². The molecule has 5 aromatic rings. The summed E-state index contributed by atoms with van der Waals surface area (Å²) in [6.45, 7) is 0. The van der Waals surface area contributed by atoms with Crippen LogP contribution in [0.2, 0.25) is 0 Å². The van der Waals surface area contributed by atoms with Gasteiger partial charge in [-0.15, -0.1) is 0 Å². The van der Waals surface area contributed by atoms with Crippen molar-refractivity contribution < 1.29 is 4.79 Å². The summed E-state index contributed by atoms with van der Waals surface area (Å²) in [5.74, 6) is -0.0261. The number of nitrogens with zero attached hydrogens (tertiary/aromatic N) is 2. The Morgan fingerprint density at radius 2 is 1.66 bits per heavy atom. The largest absolute Gasteiger partial charge is 0.326 e. The van der Waals surface area contributed by atoms with Gasteiger partial charge in [-0.25, -0.2) is 4.98 Å². The van der Waals surface area contributed by atoms with E-state index in [2.05, 4.69) is 28.5 Å². The first kappa shape index (κ1) is 17.2. The molecular weight excluding hydrogens is 358 g/mol. The lowest BCUT2D eigenvalue weighted by Gasteiger charge is -2.08. The molecule has 4 heteroatoms. The molecule has 0 saturated heterocycles. The van der Waals surface area contributed by atoms with Crippen LogP contribution in [0.25, 0.3) is 27.7 Å². The van der Waals surface area contributed by atoms with Crippen LogP contribution in [0.3, 0.4) is 0 Å². The third kappa shape index (κ3) is 3.48. The second kappa shape index (κ2) is 7.24. The molecule has 0 spiro atoms. The highest BCUT2D eigenvalue weighted by atomic mass is 16.1. The zero-order valence-electron chi connectivity index (χ0n) is 15.7. The molecule has 0 atom stereocenters. The monoisotopic (exact) mass is 377 g/mol. The predicted octanol–water partition coefficient (Wildman–Crippen LogP) is 5.34. The van der Waals surface area contributed by atoms with Crippen LogP contribution >= 0.6 is 0 Å². The maximum Gasteiger partial charge on any atom is 0.228 e. The van der Waals surface area contributed by atoms with Gasteiger partial charge in [0.25, 0.3) is 0 Å². The van der Waals surface area contributed by atoms with Crippen LogP contribution in [-0.4, -0.2) is 15.3 Å². The van der Waals surface area contributed by atoms with Crippen molar-refractivity contribution in [1.29, 1.82) is 0 Å². The van der Waals surface area contributed by atoms with Crippen molar-refractivity contribution in [3.8, 4) is 11.3 Å². The van der Waals surface area contributed by atoms with E-state index in [-0.39, 0.29) is 5.91 Å². The first-order chi connectivity index (χ1) is 14.3. The standard InChI is InChI=1S/C25H19N3O/c29-25(16-20-8-5-7-18-6-1-2-9-22(18)20)26-21-13-11-19(12-14-21)23-17-28-15-4-3-10-24(28)27-23/h1-15,17H,16H2,(H,26,29). The number of fused-ring (bicyclic) bond motifs is 2. The SMILES string of the molecule is O=C(Cc1cccc2ccccc12)Nc1ccc(-c2cn3ccccc3n2)cc1. The van der Waals surface area contributed by atoms with E-state index in [1.165, 1.54) is 0 Å². The normalized spacial score (nSPS) is 11.0. The Labute approximate surface area is 168 Å². The highest BCUT2D eigenvalue weighted by Crippen LogP contribution is 2.22. The van der Waals surface area contributed by atoms with E-state index in [1.54, 1.807) is 0 Å². The Kier molecular flexibility index (Phi) is 4.30. The zero-order valence-corrected chi connectivity index (χ0v) is 15.7. The van der Waals surface area contributed by atoms with Crippen LogP contribution in [0.1, 0.15) is 5.56 Å². The van der Waals surface area contributed by atoms with Gasteiger partial charge in [0.15, 0.2) is 0 Å². The van der Waals surface area contributed by atoms with Crippen molar-refractivity contribution in [3.63, 3.8) is 0 Å². The number of anilines is 1. The fourth-order valence-corrected chi connectivity index (χ4v) is 3.62. The highest BCUT2D eigenvalue weighted by molar-refractivity contribution is 5.96. The number of amides is 1. The molecule has 0 unspecified atom stereocenters. The molecule has 2 heterocycles. The number of benzene rings is 3. The van der Waals surface area contributed by atoms with Gasteiger partial charge in [-0.05, 0) is 40.6 Å². The molecule has 140 valence electrons. The highest BCUT2D eigenvalue weighted by Gasteiger charge is 2.08. The molecule has 5 rings (SSSR count). The van der Waals surface area contributed by atoms with Crippen LogP contribution in [0.15, 0.2) is 97.3 Å². The van der Waals surface area contributed by atoms with Crippen molar-refractivity contribution in [1.82, 2.24) is 9.38 Å². The number of carbonyl (C=O) groups is 1. The lowest BCUT2D eigenvalue weighted by atomic mass is 10.0. The maximum absolute atomic E-state index is 12.6. The first-order valence-electron chi connectivity index (χ1n) is 9.57. The fourth-order valence-electron chi connectivity index (χ4n) is 3.62. The summed E-state index contributed by atoms with van der Waals surface area (Å²) in [4.78, 5) is 17.2. The number of pyridine rings is 1. The van der Waals surface area contributed by atoms with E-state index in [9.17, 15) is 4.79 Å². The van der Waals surface area contributed by atoms with Crippen molar-refractivity contribution in [2.75, 3.05) is 5.32 Å². The van der Waals surface area contributed by atoms with Crippen LogP contribution in [0.4, 0.5) is 5.69 Å². The predicted molar refractivity (Wildman–Crippen MR) is 117 cm³/mol. The van der Waals surface area contributed by atoms with E-state index in [0.717, 1.165) is 38.9 Å². The van der Waals surface area contributed by atoms with Gasteiger partial charge in [0, 0.05) is 23.6 Å². The molecule has 2 aromatic heterocycles. The fraction of sp³-hybridized carbons (Fsp3) is 0.0400. The Morgan fingerprint density at radius 1 is 0.862 bits per heavy atom. The van der Waals surface area contributed by atoms with Gasteiger partial charge in [-0.2, -0.15) is 0 Å². The van der Waals surface area contributed by atoms with Crippen LogP contribution in [-0.2, 0) is 11.2 Å². The molecule has 29 heavy (non-hydrogen) atoms. The van der Waals surface area contributed by atoms with Crippen molar-refractivity contribution >= 4 is 28.0 Å². The third-order valence-electron chi connectivity index (χ3n) is 5.06. The molecule has 0 radical (unpaired) electrons. The Morgan fingerprint density at radius 3 is 2.52 bits per heavy atom. The minimum atomic E-state index is -0.0261. The average molecular weight is 377 g/mol. The summed E-state index contributed by atoms with van der Waals surface area (Å²) in [7, 11) is 0. The quantitative estimate of drug-likeness (QED) is 0.460. The summed E-state index contributed by atoms with van der Waals surface area (Å²) in [5, 5.41) is 5.26. The molecule has 1 amide bonds. The summed E-state index contributed by atoms with van der Waals surface area (Å²) >= 11 is 0. The van der Waals surface area contributed by atoms with Gasteiger partial charge in [-0.3, -0.25) is 4.79 Å². The maximum atomic E-state index is 12.6. The van der Waals surface area contributed by atoms with Gasteiger partial charge in [-0.1, -0.05) is 60.7 Å². The van der Waals surface area contributed by atoms with Gasteiger partial charge < -0.3 is 9.72 Å². The molecule has 0 bridgehead atoms. The molecule has 0 saturated carbocycles. The van der Waals surface area contributed by atoms with Crippen molar-refractivity contribution in [2.24, 2.45) is 0 Å². The molecular formula is C25H19N3O. The summed E-state index contributed by atoms with van der Waals surface area (Å²) < 4.78 is 2.00. The minimum Gasteiger partial charge on any atom is -0.326 e. The Hall–Kier alpha value is -3.92. The number of hydrogen-bond acceptors (Lipinski definition) is 2. The molecule has 0 aliphatic carbocycles.